The SMILES string of the molecule is CC(C(=O)O)n1nnc(-c2cccc3c2N(S(=O)(=O)c2ccc(OC(F)(F)F)cc2)Cc2ccc(C(F)(F)F)nc2N3)n1. The topological polar surface area (TPSA) is 152 Å². The summed E-state index contributed by atoms with van der Waals surface area (Å²) in [4.78, 5) is 15.3. The number of nitrogens with zero attached hydrogens (tertiary/aromatic N) is 6. The smallest absolute Gasteiger partial charge is 0.480 e. The van der Waals surface area contributed by atoms with Gasteiger partial charge in [0.2, 0.25) is 5.82 Å². The van der Waals surface area contributed by atoms with Crippen molar-refractivity contribution in [2.45, 2.75) is 36.9 Å². The van der Waals surface area contributed by atoms with Gasteiger partial charge in [-0.3, -0.25) is 4.31 Å². The molecule has 1 atom stereocenters. The van der Waals surface area contributed by atoms with E-state index < -0.39 is 57.5 Å². The lowest BCUT2D eigenvalue weighted by Crippen LogP contribution is -2.31. The molecule has 0 saturated heterocycles. The summed E-state index contributed by atoms with van der Waals surface area (Å²) in [5, 5.41) is 23.6. The maximum atomic E-state index is 14.0. The third kappa shape index (κ3) is 5.87. The first-order valence-electron chi connectivity index (χ1n) is 11.9. The molecule has 2 N–H and O–H groups in total. The second-order valence-corrected chi connectivity index (χ2v) is 10.9. The molecule has 0 fully saturated rings. The standard InChI is InChI=1S/C24H17F6N7O5S/c1-12(22(38)39)37-34-21(33-35-37)16-3-2-4-17-19(16)36(11-13-5-10-18(23(25,26)27)32-20(13)31-17)43(40,41)15-8-6-14(7-9-15)42-24(28,29)30/h2-10,12H,11H2,1H3,(H,31,32)(H,38,39). The average molecular weight is 629 g/mol. The Kier molecular flexibility index (Phi) is 7.15. The van der Waals surface area contributed by atoms with Gasteiger partial charge in [-0.15, -0.1) is 28.2 Å². The van der Waals surface area contributed by atoms with Crippen molar-refractivity contribution >= 4 is 33.2 Å². The Bertz CT molecular complexity index is 1810. The van der Waals surface area contributed by atoms with Crippen LogP contribution in [0.1, 0.15) is 24.2 Å². The van der Waals surface area contributed by atoms with E-state index in [1.165, 1.54) is 25.1 Å². The van der Waals surface area contributed by atoms with E-state index >= 15 is 0 Å². The normalized spacial score (nSPS) is 14.3. The van der Waals surface area contributed by atoms with Crippen LogP contribution >= 0.6 is 0 Å². The van der Waals surface area contributed by atoms with Crippen LogP contribution in [0, 0.1) is 0 Å². The number of aromatic nitrogens is 5. The summed E-state index contributed by atoms with van der Waals surface area (Å²) in [7, 11) is -4.66. The van der Waals surface area contributed by atoms with Gasteiger partial charge in [-0.25, -0.2) is 18.2 Å². The Morgan fingerprint density at radius 3 is 2.37 bits per heavy atom. The number of fused-ring (bicyclic) bond motifs is 2. The predicted molar refractivity (Wildman–Crippen MR) is 135 cm³/mol. The van der Waals surface area contributed by atoms with Gasteiger partial charge in [-0.1, -0.05) is 12.1 Å². The second kappa shape index (κ2) is 10.4. The minimum atomic E-state index is -5.03. The van der Waals surface area contributed by atoms with Crippen LogP contribution in [0.25, 0.3) is 11.4 Å². The highest BCUT2D eigenvalue weighted by atomic mass is 32.2. The Balaban J connectivity index is 1.68. The third-order valence-corrected chi connectivity index (χ3v) is 7.90. The molecule has 226 valence electrons. The molecule has 43 heavy (non-hydrogen) atoms. The highest BCUT2D eigenvalue weighted by molar-refractivity contribution is 7.92. The van der Waals surface area contributed by atoms with Crippen molar-refractivity contribution in [3.63, 3.8) is 0 Å². The van der Waals surface area contributed by atoms with Gasteiger partial charge in [0.1, 0.15) is 17.3 Å². The summed E-state index contributed by atoms with van der Waals surface area (Å²) in [6.45, 7) is 0.685. The zero-order valence-corrected chi connectivity index (χ0v) is 22.2. The molecule has 5 rings (SSSR count). The van der Waals surface area contributed by atoms with Gasteiger partial charge < -0.3 is 15.2 Å². The molecule has 19 heteroatoms. The highest BCUT2D eigenvalue weighted by Crippen LogP contribution is 2.44. The van der Waals surface area contributed by atoms with E-state index in [9.17, 15) is 44.7 Å². The van der Waals surface area contributed by atoms with Gasteiger partial charge >= 0.3 is 18.5 Å². The van der Waals surface area contributed by atoms with Crippen LogP contribution in [0.4, 0.5) is 43.5 Å². The number of tetrazole rings is 1. The number of pyridine rings is 1. The highest BCUT2D eigenvalue weighted by Gasteiger charge is 2.37. The molecule has 0 aliphatic carbocycles. The number of rotatable bonds is 6. The summed E-state index contributed by atoms with van der Waals surface area (Å²) < 4.78 is 111. The molecule has 0 saturated carbocycles. The molecule has 2 aromatic carbocycles. The first-order valence-corrected chi connectivity index (χ1v) is 13.4. The molecule has 3 heterocycles. The number of anilines is 3. The first kappa shape index (κ1) is 29.5. The number of nitrogens with one attached hydrogen (secondary N) is 1. The van der Waals surface area contributed by atoms with E-state index in [4.69, 9.17) is 0 Å². The number of para-hydroxylation sites is 1. The molecule has 1 unspecified atom stereocenters. The summed E-state index contributed by atoms with van der Waals surface area (Å²) in [5.41, 5.74) is -1.47. The van der Waals surface area contributed by atoms with Crippen molar-refractivity contribution in [2.24, 2.45) is 0 Å². The number of benzene rings is 2. The summed E-state index contributed by atoms with van der Waals surface area (Å²) in [5.74, 6) is -2.51. The lowest BCUT2D eigenvalue weighted by Gasteiger charge is -2.26. The van der Waals surface area contributed by atoms with Gasteiger partial charge in [0.05, 0.1) is 22.8 Å². The number of hydrogen-bond donors (Lipinski definition) is 2. The van der Waals surface area contributed by atoms with Crippen LogP contribution < -0.4 is 14.4 Å². The lowest BCUT2D eigenvalue weighted by atomic mass is 10.1. The fourth-order valence-corrected chi connectivity index (χ4v) is 5.56. The molecule has 0 spiro atoms. The maximum Gasteiger partial charge on any atom is 0.573 e. The Hall–Kier alpha value is -4.94. The lowest BCUT2D eigenvalue weighted by molar-refractivity contribution is -0.274. The maximum absolute atomic E-state index is 14.0. The number of aliphatic carboxylic acids is 1. The van der Waals surface area contributed by atoms with E-state index in [0.717, 1.165) is 39.4 Å². The fraction of sp³-hybridized carbons (Fsp3) is 0.208. The predicted octanol–water partition coefficient (Wildman–Crippen LogP) is 4.75. The number of carboxylic acids is 1. The fourth-order valence-electron chi connectivity index (χ4n) is 4.08. The number of carboxylic acid groups (broad SMARTS) is 1. The minimum absolute atomic E-state index is 0.0155. The van der Waals surface area contributed by atoms with Crippen molar-refractivity contribution in [2.75, 3.05) is 9.62 Å². The molecule has 1 aliphatic rings. The summed E-state index contributed by atoms with van der Waals surface area (Å²) >= 11 is 0. The van der Waals surface area contributed by atoms with Crippen LogP contribution in [-0.2, 0) is 27.5 Å². The third-order valence-electron chi connectivity index (χ3n) is 6.14. The van der Waals surface area contributed by atoms with Gasteiger partial charge in [-0.05, 0) is 54.6 Å². The Morgan fingerprint density at radius 2 is 1.74 bits per heavy atom. The van der Waals surface area contributed by atoms with Gasteiger partial charge in [-0.2, -0.15) is 13.2 Å². The van der Waals surface area contributed by atoms with E-state index in [1.807, 2.05) is 0 Å². The number of carbonyl (C=O) groups is 1. The van der Waals surface area contributed by atoms with Gasteiger partial charge in [0.15, 0.2) is 6.04 Å². The largest absolute Gasteiger partial charge is 0.573 e. The van der Waals surface area contributed by atoms with Crippen molar-refractivity contribution in [1.82, 2.24) is 25.2 Å². The zero-order chi connectivity index (χ0) is 31.3. The number of sulfonamides is 1. The van der Waals surface area contributed by atoms with Crippen molar-refractivity contribution in [3.8, 4) is 17.1 Å². The van der Waals surface area contributed by atoms with E-state index in [2.05, 4.69) is 30.4 Å². The van der Waals surface area contributed by atoms with E-state index in [1.54, 1.807) is 0 Å². The average Bonchev–Trinajstić information content (AvgIpc) is 3.33. The molecule has 12 nitrogen and oxygen atoms in total. The first-order chi connectivity index (χ1) is 20.0. The van der Waals surface area contributed by atoms with Crippen LogP contribution in [0.5, 0.6) is 5.75 Å². The quantitative estimate of drug-likeness (QED) is 0.286. The summed E-state index contributed by atoms with van der Waals surface area (Å²) in [6.07, 6.45) is -9.85. The van der Waals surface area contributed by atoms with Crippen LogP contribution in [0.3, 0.4) is 0 Å². The molecule has 4 aromatic rings. The second-order valence-electron chi connectivity index (χ2n) is 9.01. The van der Waals surface area contributed by atoms with E-state index in [-0.39, 0.29) is 34.1 Å². The van der Waals surface area contributed by atoms with Crippen LogP contribution in [0.2, 0.25) is 0 Å². The zero-order valence-electron chi connectivity index (χ0n) is 21.4. The van der Waals surface area contributed by atoms with E-state index in [0.29, 0.717) is 6.07 Å². The molecule has 1 aliphatic heterocycles. The molecular formula is C24H17F6N7O5S. The molecule has 2 aromatic heterocycles. The minimum Gasteiger partial charge on any atom is -0.480 e. The summed E-state index contributed by atoms with van der Waals surface area (Å²) in [6, 6.07) is 7.90. The number of hydrogen-bond acceptors (Lipinski definition) is 9. The molecule has 0 radical (unpaired) electrons. The van der Waals surface area contributed by atoms with Gasteiger partial charge in [0.25, 0.3) is 10.0 Å². The van der Waals surface area contributed by atoms with Crippen molar-refractivity contribution in [3.05, 3.63) is 65.9 Å². The van der Waals surface area contributed by atoms with Crippen molar-refractivity contribution in [1.29, 1.82) is 0 Å². The molecular weight excluding hydrogens is 612 g/mol. The molecule has 0 amide bonds. The number of ether oxygens (including phenoxy) is 1. The Morgan fingerprint density at radius 1 is 1.05 bits per heavy atom. The molecule has 0 bridgehead atoms. The monoisotopic (exact) mass is 629 g/mol. The Labute approximate surface area is 237 Å². The van der Waals surface area contributed by atoms with Crippen molar-refractivity contribution < 1.29 is 49.4 Å². The number of alkyl halides is 6. The van der Waals surface area contributed by atoms with Crippen LogP contribution in [-0.4, -0.2) is 51.0 Å². The number of halogens is 6. The van der Waals surface area contributed by atoms with Gasteiger partial charge in [0, 0.05) is 11.1 Å². The van der Waals surface area contributed by atoms with Crippen LogP contribution in [0.15, 0.2) is 59.5 Å².